The van der Waals surface area contributed by atoms with Gasteiger partial charge in [0.15, 0.2) is 0 Å². The fourth-order valence-corrected chi connectivity index (χ4v) is 3.86. The third-order valence-electron chi connectivity index (χ3n) is 3.46. The molecule has 3 nitrogen and oxygen atoms in total. The molecule has 3 unspecified atom stereocenters. The number of thioether (sulfide) groups is 1. The van der Waals surface area contributed by atoms with Gasteiger partial charge in [0, 0.05) is 11.8 Å². The average molecular weight is 242 g/mol. The summed E-state index contributed by atoms with van der Waals surface area (Å²) >= 11 is 2.03. The van der Waals surface area contributed by atoms with Crippen LogP contribution >= 0.6 is 11.8 Å². The topological polar surface area (TPSA) is 32.3 Å². The van der Waals surface area contributed by atoms with Crippen LogP contribution in [0, 0.1) is 0 Å². The fraction of sp³-hybridized carbons (Fsp3) is 0.917. The molecule has 0 saturated carbocycles. The zero-order valence-corrected chi connectivity index (χ0v) is 11.1. The fourth-order valence-electron chi connectivity index (χ4n) is 2.59. The van der Waals surface area contributed by atoms with Gasteiger partial charge in [-0.05, 0) is 31.9 Å². The summed E-state index contributed by atoms with van der Waals surface area (Å²) in [6.45, 7) is 5.11. The highest BCUT2D eigenvalue weighted by molar-refractivity contribution is 8.00. The molecule has 2 saturated heterocycles. The van der Waals surface area contributed by atoms with E-state index in [4.69, 9.17) is 0 Å². The van der Waals surface area contributed by atoms with Gasteiger partial charge in [-0.25, -0.2) is 0 Å². The molecule has 2 rings (SSSR count). The molecular weight excluding hydrogens is 220 g/mol. The highest BCUT2D eigenvalue weighted by Gasteiger charge is 2.36. The van der Waals surface area contributed by atoms with Crippen molar-refractivity contribution in [1.82, 2.24) is 10.2 Å². The number of hydrogen-bond donors (Lipinski definition) is 1. The Hall–Kier alpha value is -0.220. The van der Waals surface area contributed by atoms with E-state index in [1.54, 1.807) is 0 Å². The zero-order valence-electron chi connectivity index (χ0n) is 10.2. The Balaban J connectivity index is 1.95. The molecule has 3 atom stereocenters. The largest absolute Gasteiger partial charge is 0.325 e. The Labute approximate surface area is 102 Å². The predicted octanol–water partition coefficient (Wildman–Crippen LogP) is 1.83. The number of rotatable bonds is 4. The van der Waals surface area contributed by atoms with E-state index in [2.05, 4.69) is 17.1 Å². The van der Waals surface area contributed by atoms with Crippen molar-refractivity contribution in [2.45, 2.75) is 57.0 Å². The first-order valence-corrected chi connectivity index (χ1v) is 7.45. The summed E-state index contributed by atoms with van der Waals surface area (Å²) in [6.07, 6.45) is 5.09. The number of nitrogens with zero attached hydrogens (tertiary/aromatic N) is 1. The van der Waals surface area contributed by atoms with E-state index in [1.165, 1.54) is 18.6 Å². The first-order chi connectivity index (χ1) is 7.72. The summed E-state index contributed by atoms with van der Waals surface area (Å²) in [7, 11) is 0. The molecule has 0 spiro atoms. The van der Waals surface area contributed by atoms with Crippen molar-refractivity contribution in [1.29, 1.82) is 0 Å². The maximum Gasteiger partial charge on any atom is 0.240 e. The van der Waals surface area contributed by atoms with Crippen molar-refractivity contribution in [3.8, 4) is 0 Å². The van der Waals surface area contributed by atoms with Crippen LogP contribution in [-0.4, -0.2) is 40.6 Å². The number of amides is 1. The van der Waals surface area contributed by atoms with Crippen LogP contribution in [0.4, 0.5) is 0 Å². The summed E-state index contributed by atoms with van der Waals surface area (Å²) in [6, 6.07) is 0.0166. The number of carbonyl (C=O) groups excluding carboxylic acids is 1. The molecule has 1 N–H and O–H groups in total. The van der Waals surface area contributed by atoms with Crippen LogP contribution in [-0.2, 0) is 4.79 Å². The number of hydrogen-bond acceptors (Lipinski definition) is 3. The maximum absolute atomic E-state index is 12.0. The number of carbonyl (C=O) groups is 1. The molecule has 2 fully saturated rings. The second-order valence-corrected chi connectivity index (χ2v) is 6.23. The monoisotopic (exact) mass is 242 g/mol. The highest BCUT2D eigenvalue weighted by Crippen LogP contribution is 2.28. The molecule has 2 aliphatic heterocycles. The normalized spacial score (nSPS) is 35.0. The average Bonchev–Trinajstić information content (AvgIpc) is 2.84. The lowest BCUT2D eigenvalue weighted by Crippen LogP contribution is -2.40. The van der Waals surface area contributed by atoms with Crippen LogP contribution in [0.1, 0.15) is 39.5 Å². The van der Waals surface area contributed by atoms with Crippen LogP contribution < -0.4 is 5.32 Å². The first-order valence-electron chi connectivity index (χ1n) is 6.40. The minimum absolute atomic E-state index is 0.0166. The van der Waals surface area contributed by atoms with Crippen molar-refractivity contribution < 1.29 is 4.79 Å². The van der Waals surface area contributed by atoms with E-state index in [9.17, 15) is 4.79 Å². The van der Waals surface area contributed by atoms with Gasteiger partial charge in [-0.1, -0.05) is 13.3 Å². The van der Waals surface area contributed by atoms with Gasteiger partial charge in [-0.15, -0.1) is 0 Å². The van der Waals surface area contributed by atoms with Crippen molar-refractivity contribution in [3.05, 3.63) is 0 Å². The Morgan fingerprint density at radius 1 is 1.56 bits per heavy atom. The van der Waals surface area contributed by atoms with Gasteiger partial charge in [-0.2, -0.15) is 11.8 Å². The molecule has 4 heteroatoms. The van der Waals surface area contributed by atoms with Gasteiger partial charge in [-0.3, -0.25) is 10.1 Å². The SMILES string of the molecule is CCCC1NC(C)C(=O)N1CC1CCCS1. The van der Waals surface area contributed by atoms with Crippen LogP contribution in [0.25, 0.3) is 0 Å². The molecular formula is C12H22N2OS. The van der Waals surface area contributed by atoms with Crippen molar-refractivity contribution in [3.63, 3.8) is 0 Å². The lowest BCUT2D eigenvalue weighted by Gasteiger charge is -2.26. The molecule has 1 amide bonds. The van der Waals surface area contributed by atoms with E-state index in [0.717, 1.165) is 19.4 Å². The van der Waals surface area contributed by atoms with Gasteiger partial charge in [0.1, 0.15) is 0 Å². The molecule has 2 aliphatic rings. The summed E-state index contributed by atoms with van der Waals surface area (Å²) in [5.41, 5.74) is 0. The van der Waals surface area contributed by atoms with Crippen LogP contribution in [0.2, 0.25) is 0 Å². The standard InChI is InChI=1S/C12H22N2OS/c1-3-5-11-13-9(2)12(15)14(11)8-10-6-4-7-16-10/h9-11,13H,3-8H2,1-2H3. The molecule has 0 aliphatic carbocycles. The first kappa shape index (κ1) is 12.2. The van der Waals surface area contributed by atoms with Gasteiger partial charge in [0.05, 0.1) is 12.2 Å². The predicted molar refractivity (Wildman–Crippen MR) is 68.5 cm³/mol. The molecule has 0 bridgehead atoms. The summed E-state index contributed by atoms with van der Waals surface area (Å²) < 4.78 is 0. The van der Waals surface area contributed by atoms with Crippen LogP contribution in [0.3, 0.4) is 0 Å². The smallest absolute Gasteiger partial charge is 0.240 e. The molecule has 0 radical (unpaired) electrons. The second-order valence-electron chi connectivity index (χ2n) is 4.82. The lowest BCUT2D eigenvalue weighted by molar-refractivity contribution is -0.129. The zero-order chi connectivity index (χ0) is 11.5. The van der Waals surface area contributed by atoms with Crippen molar-refractivity contribution in [2.75, 3.05) is 12.3 Å². The molecule has 0 aromatic carbocycles. The van der Waals surface area contributed by atoms with Gasteiger partial charge < -0.3 is 4.90 Å². The summed E-state index contributed by atoms with van der Waals surface area (Å²) in [4.78, 5) is 14.1. The third-order valence-corrected chi connectivity index (χ3v) is 4.84. The molecule has 0 aromatic heterocycles. The molecule has 16 heavy (non-hydrogen) atoms. The molecule has 92 valence electrons. The minimum atomic E-state index is 0.0166. The quantitative estimate of drug-likeness (QED) is 0.816. The Bertz CT molecular complexity index is 253. The van der Waals surface area contributed by atoms with Crippen LogP contribution in [0.15, 0.2) is 0 Å². The van der Waals surface area contributed by atoms with Crippen molar-refractivity contribution >= 4 is 17.7 Å². The Morgan fingerprint density at radius 3 is 3.00 bits per heavy atom. The molecule has 0 aromatic rings. The van der Waals surface area contributed by atoms with E-state index < -0.39 is 0 Å². The summed E-state index contributed by atoms with van der Waals surface area (Å²) in [5.74, 6) is 1.57. The Morgan fingerprint density at radius 2 is 2.38 bits per heavy atom. The number of nitrogens with one attached hydrogen (secondary N) is 1. The van der Waals surface area contributed by atoms with Crippen LogP contribution in [0.5, 0.6) is 0 Å². The lowest BCUT2D eigenvalue weighted by atomic mass is 10.2. The summed E-state index contributed by atoms with van der Waals surface area (Å²) in [5, 5.41) is 4.07. The van der Waals surface area contributed by atoms with E-state index in [1.807, 2.05) is 18.7 Å². The van der Waals surface area contributed by atoms with E-state index in [0.29, 0.717) is 11.2 Å². The van der Waals surface area contributed by atoms with Gasteiger partial charge in [0.25, 0.3) is 0 Å². The molecule has 2 heterocycles. The van der Waals surface area contributed by atoms with Crippen molar-refractivity contribution in [2.24, 2.45) is 0 Å². The third kappa shape index (κ3) is 2.54. The van der Waals surface area contributed by atoms with Gasteiger partial charge >= 0.3 is 0 Å². The van der Waals surface area contributed by atoms with Gasteiger partial charge in [0.2, 0.25) is 5.91 Å². The Kier molecular flexibility index (Phi) is 4.14. The van der Waals surface area contributed by atoms with E-state index in [-0.39, 0.29) is 12.2 Å². The second kappa shape index (κ2) is 5.41. The van der Waals surface area contributed by atoms with E-state index >= 15 is 0 Å². The minimum Gasteiger partial charge on any atom is -0.325 e. The highest BCUT2D eigenvalue weighted by atomic mass is 32.2. The maximum atomic E-state index is 12.0.